The third kappa shape index (κ3) is 5.27. The Morgan fingerprint density at radius 2 is 2.00 bits per heavy atom. The first kappa shape index (κ1) is 26.2. The molecule has 192 valence electrons. The average Bonchev–Trinajstić information content (AvgIpc) is 3.31. The number of benzene rings is 1. The molecular weight excluding hydrogens is 502 g/mol. The summed E-state index contributed by atoms with van der Waals surface area (Å²) in [7, 11) is -2.26. The number of hydrogen-bond acceptors (Lipinski definition) is 6. The Morgan fingerprint density at radius 3 is 2.67 bits per heavy atom. The van der Waals surface area contributed by atoms with Gasteiger partial charge in [0.25, 0.3) is 15.9 Å². The molecule has 1 saturated heterocycles. The fourth-order valence-electron chi connectivity index (χ4n) is 4.57. The van der Waals surface area contributed by atoms with Gasteiger partial charge in [-0.05, 0) is 57.0 Å². The largest absolute Gasteiger partial charge is 0.390 e. The Morgan fingerprint density at radius 1 is 1.31 bits per heavy atom. The Labute approximate surface area is 215 Å². The SMILES string of the molecule is C=CC(N1CCC(C)(O)CC1)S(=O)(=O)NC(=O)/C=C/c1c(C)nn(C)c1-n1ccc2cc(Cl)ccc21. The standard InChI is InChI=1S/C25H30ClN5O4S/c1-5-23(30-14-11-25(3,33)12-15-30)36(34,35)28-22(32)9-7-20-17(2)27-29(4)24(20)31-13-10-18-16-19(26)6-8-21(18)31/h5-10,13,16,23,33H,1,11-12,14-15H2,2-4H3,(H,28,32)/b9-7+. The highest BCUT2D eigenvalue weighted by atomic mass is 35.5. The average molecular weight is 532 g/mol. The van der Waals surface area contributed by atoms with Crippen LogP contribution in [0.3, 0.4) is 0 Å². The van der Waals surface area contributed by atoms with Crippen LogP contribution < -0.4 is 4.72 Å². The molecule has 0 bridgehead atoms. The molecule has 1 amide bonds. The summed E-state index contributed by atoms with van der Waals surface area (Å²) in [5.41, 5.74) is 1.45. The van der Waals surface area contributed by atoms with E-state index in [1.54, 1.807) is 35.7 Å². The maximum absolute atomic E-state index is 13.0. The second-order valence-electron chi connectivity index (χ2n) is 9.34. The second-order valence-corrected chi connectivity index (χ2v) is 11.6. The first-order valence-electron chi connectivity index (χ1n) is 11.5. The van der Waals surface area contributed by atoms with Gasteiger partial charge in [0.15, 0.2) is 5.37 Å². The molecule has 0 spiro atoms. The number of fused-ring (bicyclic) bond motifs is 1. The number of carbonyl (C=O) groups excluding carboxylic acids is 1. The third-order valence-electron chi connectivity index (χ3n) is 6.52. The van der Waals surface area contributed by atoms with Gasteiger partial charge in [-0.3, -0.25) is 14.4 Å². The van der Waals surface area contributed by atoms with Crippen molar-refractivity contribution in [2.24, 2.45) is 7.05 Å². The van der Waals surface area contributed by atoms with Crippen molar-refractivity contribution in [3.8, 4) is 5.82 Å². The van der Waals surface area contributed by atoms with E-state index in [2.05, 4.69) is 16.4 Å². The van der Waals surface area contributed by atoms with Crippen LogP contribution in [0.15, 0.2) is 49.2 Å². The molecule has 2 N–H and O–H groups in total. The van der Waals surface area contributed by atoms with Crippen LogP contribution in [0, 0.1) is 6.92 Å². The van der Waals surface area contributed by atoms with Crippen molar-refractivity contribution >= 4 is 44.5 Å². The van der Waals surface area contributed by atoms with Gasteiger partial charge < -0.3 is 9.67 Å². The van der Waals surface area contributed by atoms with Gasteiger partial charge in [-0.1, -0.05) is 17.7 Å². The summed E-state index contributed by atoms with van der Waals surface area (Å²) < 4.78 is 31.7. The first-order chi connectivity index (χ1) is 16.9. The lowest BCUT2D eigenvalue weighted by Gasteiger charge is -2.38. The molecule has 1 aliphatic heterocycles. The van der Waals surface area contributed by atoms with Gasteiger partial charge in [0.05, 0.1) is 16.8 Å². The minimum absolute atomic E-state index is 0.378. The molecule has 0 saturated carbocycles. The molecule has 1 unspecified atom stereocenters. The maximum Gasteiger partial charge on any atom is 0.257 e. The Kier molecular flexibility index (Phi) is 7.16. The summed E-state index contributed by atoms with van der Waals surface area (Å²) in [6.07, 6.45) is 6.81. The first-order valence-corrected chi connectivity index (χ1v) is 13.5. The fraction of sp³-hybridized carbons (Fsp3) is 0.360. The number of rotatable bonds is 7. The molecule has 1 fully saturated rings. The summed E-state index contributed by atoms with van der Waals surface area (Å²) in [6.45, 7) is 7.96. The Hall–Kier alpha value is -2.92. The number of sulfonamides is 1. The van der Waals surface area contributed by atoms with Gasteiger partial charge in [0.2, 0.25) is 0 Å². The van der Waals surface area contributed by atoms with E-state index >= 15 is 0 Å². The van der Waals surface area contributed by atoms with E-state index < -0.39 is 26.9 Å². The quantitative estimate of drug-likeness (QED) is 0.358. The summed E-state index contributed by atoms with van der Waals surface area (Å²) >= 11 is 6.12. The number of aryl methyl sites for hydroxylation is 2. The van der Waals surface area contributed by atoms with Gasteiger partial charge in [-0.2, -0.15) is 5.10 Å². The van der Waals surface area contributed by atoms with Crippen LogP contribution in [0.2, 0.25) is 5.02 Å². The van der Waals surface area contributed by atoms with E-state index in [9.17, 15) is 18.3 Å². The summed E-state index contributed by atoms with van der Waals surface area (Å²) in [5, 5.41) is 15.2. The van der Waals surface area contributed by atoms with Crippen LogP contribution in [0.5, 0.6) is 0 Å². The predicted molar refractivity (Wildman–Crippen MR) is 141 cm³/mol. The number of amides is 1. The van der Waals surface area contributed by atoms with Gasteiger partial charge in [-0.15, -0.1) is 6.58 Å². The normalized spacial score (nSPS) is 17.5. The van der Waals surface area contributed by atoms with Crippen LogP contribution >= 0.6 is 11.6 Å². The zero-order valence-electron chi connectivity index (χ0n) is 20.5. The molecule has 3 aromatic rings. The summed E-state index contributed by atoms with van der Waals surface area (Å²) in [6, 6.07) is 7.51. The topological polar surface area (TPSA) is 109 Å². The lowest BCUT2D eigenvalue weighted by Crippen LogP contribution is -2.52. The molecule has 3 heterocycles. The zero-order valence-corrected chi connectivity index (χ0v) is 22.1. The molecule has 4 rings (SSSR count). The van der Waals surface area contributed by atoms with Crippen molar-refractivity contribution in [3.05, 3.63) is 65.5 Å². The number of piperidine rings is 1. The van der Waals surface area contributed by atoms with E-state index in [0.29, 0.717) is 42.2 Å². The minimum atomic E-state index is -4.07. The maximum atomic E-state index is 13.0. The number of carbonyl (C=O) groups is 1. The van der Waals surface area contributed by atoms with Crippen LogP contribution in [-0.4, -0.2) is 62.7 Å². The van der Waals surface area contributed by atoms with E-state index in [0.717, 1.165) is 16.7 Å². The molecule has 0 aliphatic carbocycles. The summed E-state index contributed by atoms with van der Waals surface area (Å²) in [4.78, 5) is 14.4. The molecule has 1 aromatic carbocycles. The van der Waals surface area contributed by atoms with Crippen LogP contribution in [0.25, 0.3) is 22.8 Å². The van der Waals surface area contributed by atoms with E-state index in [1.807, 2.05) is 35.9 Å². The molecule has 0 radical (unpaired) electrons. The van der Waals surface area contributed by atoms with Gasteiger partial charge in [-0.25, -0.2) is 13.1 Å². The number of nitrogens with one attached hydrogen (secondary N) is 1. The molecule has 2 aromatic heterocycles. The van der Waals surface area contributed by atoms with Crippen molar-refractivity contribution < 1.29 is 18.3 Å². The highest BCUT2D eigenvalue weighted by Gasteiger charge is 2.35. The monoisotopic (exact) mass is 531 g/mol. The van der Waals surface area contributed by atoms with Crippen molar-refractivity contribution in [2.45, 2.75) is 37.7 Å². The van der Waals surface area contributed by atoms with Crippen LogP contribution in [0.4, 0.5) is 0 Å². The third-order valence-corrected chi connectivity index (χ3v) is 8.36. The lowest BCUT2D eigenvalue weighted by molar-refractivity contribution is -0.114. The molecule has 11 heteroatoms. The van der Waals surface area contributed by atoms with E-state index in [-0.39, 0.29) is 0 Å². The van der Waals surface area contributed by atoms with Crippen molar-refractivity contribution in [1.29, 1.82) is 0 Å². The number of aliphatic hydroxyl groups is 1. The zero-order chi connectivity index (χ0) is 26.3. The highest BCUT2D eigenvalue weighted by Crippen LogP contribution is 2.27. The number of hydrogen-bond donors (Lipinski definition) is 2. The van der Waals surface area contributed by atoms with E-state index in [4.69, 9.17) is 11.6 Å². The highest BCUT2D eigenvalue weighted by molar-refractivity contribution is 7.90. The number of aromatic nitrogens is 3. The molecule has 1 atom stereocenters. The van der Waals surface area contributed by atoms with Crippen molar-refractivity contribution in [1.82, 2.24) is 24.0 Å². The van der Waals surface area contributed by atoms with E-state index in [1.165, 1.54) is 12.2 Å². The molecular formula is C25H30ClN5O4S. The van der Waals surface area contributed by atoms with Crippen molar-refractivity contribution in [2.75, 3.05) is 13.1 Å². The Bertz CT molecular complexity index is 1440. The van der Waals surface area contributed by atoms with Gasteiger partial charge in [0, 0.05) is 48.4 Å². The number of nitrogens with zero attached hydrogens (tertiary/aromatic N) is 4. The smallest absolute Gasteiger partial charge is 0.257 e. The summed E-state index contributed by atoms with van der Waals surface area (Å²) in [5.74, 6) is -0.0507. The second kappa shape index (κ2) is 9.85. The molecule has 36 heavy (non-hydrogen) atoms. The predicted octanol–water partition coefficient (Wildman–Crippen LogP) is 3.14. The molecule has 1 aliphatic rings. The lowest BCUT2D eigenvalue weighted by atomic mass is 9.94. The van der Waals surface area contributed by atoms with Crippen molar-refractivity contribution in [3.63, 3.8) is 0 Å². The Balaban J connectivity index is 1.56. The van der Waals surface area contributed by atoms with Crippen LogP contribution in [-0.2, 0) is 21.9 Å². The molecule has 9 nitrogen and oxygen atoms in total. The fourth-order valence-corrected chi connectivity index (χ4v) is 6.07. The van der Waals surface area contributed by atoms with Gasteiger partial charge in [0.1, 0.15) is 5.82 Å². The van der Waals surface area contributed by atoms with Crippen LogP contribution in [0.1, 0.15) is 31.0 Å². The number of halogens is 1. The number of likely N-dealkylation sites (tertiary alicyclic amines) is 1. The minimum Gasteiger partial charge on any atom is -0.390 e. The van der Waals surface area contributed by atoms with Gasteiger partial charge >= 0.3 is 0 Å².